The zero-order chi connectivity index (χ0) is 14.4. The number of hydrogen-bond acceptors (Lipinski definition) is 2. The van der Waals surface area contributed by atoms with Crippen molar-refractivity contribution in [3.8, 4) is 0 Å². The van der Waals surface area contributed by atoms with Gasteiger partial charge in [-0.05, 0) is 25.3 Å². The van der Waals surface area contributed by atoms with Crippen LogP contribution in [0.25, 0.3) is 0 Å². The maximum Gasteiger partial charge on any atom is 0.319 e. The van der Waals surface area contributed by atoms with E-state index in [0.29, 0.717) is 5.70 Å². The number of carbonyl (C=O) groups excluding carboxylic acids is 1. The van der Waals surface area contributed by atoms with Crippen LogP contribution in [0.4, 0.5) is 4.79 Å². The standard InChI is InChI=1S/C16H23N3O/c1-13(2)17-16(20)18-15-8-10-19(11-9-15)12-14-6-4-3-5-7-14/h3-7,15H,1,8-12H2,2H3,(H2,17,18,20). The highest BCUT2D eigenvalue weighted by Crippen LogP contribution is 2.13. The third-order valence-corrected chi connectivity index (χ3v) is 3.50. The molecule has 1 fully saturated rings. The van der Waals surface area contributed by atoms with Crippen LogP contribution in [0.15, 0.2) is 42.6 Å². The molecule has 1 aliphatic rings. The second-order valence-corrected chi connectivity index (χ2v) is 5.41. The molecule has 4 heteroatoms. The quantitative estimate of drug-likeness (QED) is 0.885. The van der Waals surface area contributed by atoms with Gasteiger partial charge in [-0.25, -0.2) is 4.79 Å². The van der Waals surface area contributed by atoms with Gasteiger partial charge < -0.3 is 10.6 Å². The fraction of sp³-hybridized carbons (Fsp3) is 0.438. The van der Waals surface area contributed by atoms with Crippen molar-refractivity contribution in [1.29, 1.82) is 0 Å². The number of rotatable bonds is 4. The van der Waals surface area contributed by atoms with E-state index in [9.17, 15) is 4.79 Å². The largest absolute Gasteiger partial charge is 0.335 e. The van der Waals surface area contributed by atoms with Gasteiger partial charge in [0, 0.05) is 31.4 Å². The molecule has 2 amide bonds. The number of amides is 2. The molecule has 0 unspecified atom stereocenters. The van der Waals surface area contributed by atoms with Crippen molar-refractivity contribution in [3.63, 3.8) is 0 Å². The summed E-state index contributed by atoms with van der Waals surface area (Å²) in [5.41, 5.74) is 2.02. The average molecular weight is 273 g/mol. The third kappa shape index (κ3) is 4.70. The number of urea groups is 1. The van der Waals surface area contributed by atoms with Gasteiger partial charge in [-0.2, -0.15) is 0 Å². The molecule has 0 aliphatic carbocycles. The van der Waals surface area contributed by atoms with E-state index >= 15 is 0 Å². The van der Waals surface area contributed by atoms with E-state index in [4.69, 9.17) is 0 Å². The number of nitrogens with zero attached hydrogens (tertiary/aromatic N) is 1. The van der Waals surface area contributed by atoms with E-state index < -0.39 is 0 Å². The van der Waals surface area contributed by atoms with Gasteiger partial charge in [-0.3, -0.25) is 4.90 Å². The Morgan fingerprint density at radius 1 is 1.30 bits per heavy atom. The van der Waals surface area contributed by atoms with Crippen molar-refractivity contribution in [1.82, 2.24) is 15.5 Å². The molecule has 4 nitrogen and oxygen atoms in total. The lowest BCUT2D eigenvalue weighted by Gasteiger charge is -2.32. The van der Waals surface area contributed by atoms with E-state index in [0.717, 1.165) is 32.5 Å². The van der Waals surface area contributed by atoms with Crippen molar-refractivity contribution in [3.05, 3.63) is 48.2 Å². The van der Waals surface area contributed by atoms with Crippen LogP contribution in [-0.2, 0) is 6.54 Å². The number of likely N-dealkylation sites (tertiary alicyclic amines) is 1. The first kappa shape index (κ1) is 14.6. The highest BCUT2D eigenvalue weighted by Gasteiger charge is 2.20. The fourth-order valence-electron chi connectivity index (χ4n) is 2.49. The van der Waals surface area contributed by atoms with Crippen LogP contribution < -0.4 is 10.6 Å². The molecule has 0 bridgehead atoms. The highest BCUT2D eigenvalue weighted by molar-refractivity contribution is 5.75. The van der Waals surface area contributed by atoms with Crippen molar-refractivity contribution in [2.24, 2.45) is 0 Å². The molecule has 0 atom stereocenters. The number of benzene rings is 1. The Morgan fingerprint density at radius 3 is 2.55 bits per heavy atom. The fourth-order valence-corrected chi connectivity index (χ4v) is 2.49. The Kier molecular flexibility index (Phi) is 5.18. The summed E-state index contributed by atoms with van der Waals surface area (Å²) in [4.78, 5) is 14.0. The Balaban J connectivity index is 1.72. The van der Waals surface area contributed by atoms with Crippen molar-refractivity contribution in [2.75, 3.05) is 13.1 Å². The molecular formula is C16H23N3O. The Morgan fingerprint density at radius 2 is 1.95 bits per heavy atom. The molecular weight excluding hydrogens is 250 g/mol. The summed E-state index contributed by atoms with van der Waals surface area (Å²) >= 11 is 0. The normalized spacial score (nSPS) is 16.6. The predicted molar refractivity (Wildman–Crippen MR) is 81.2 cm³/mol. The van der Waals surface area contributed by atoms with Crippen LogP contribution in [-0.4, -0.2) is 30.1 Å². The van der Waals surface area contributed by atoms with Crippen LogP contribution in [0.3, 0.4) is 0 Å². The number of nitrogens with one attached hydrogen (secondary N) is 2. The van der Waals surface area contributed by atoms with Crippen LogP contribution in [0, 0.1) is 0 Å². The zero-order valence-corrected chi connectivity index (χ0v) is 12.1. The van der Waals surface area contributed by atoms with Crippen molar-refractivity contribution in [2.45, 2.75) is 32.4 Å². The molecule has 1 aromatic rings. The van der Waals surface area contributed by atoms with Gasteiger partial charge in [0.15, 0.2) is 0 Å². The minimum absolute atomic E-state index is 0.140. The van der Waals surface area contributed by atoms with E-state index in [1.165, 1.54) is 5.56 Å². The second kappa shape index (κ2) is 7.10. The summed E-state index contributed by atoms with van der Waals surface area (Å²) in [6.45, 7) is 8.48. The molecule has 1 saturated heterocycles. The molecule has 0 saturated carbocycles. The summed E-state index contributed by atoms with van der Waals surface area (Å²) in [5, 5.41) is 5.68. The number of hydrogen-bond donors (Lipinski definition) is 2. The lowest BCUT2D eigenvalue weighted by Crippen LogP contribution is -2.47. The predicted octanol–water partition coefficient (Wildman–Crippen LogP) is 2.48. The molecule has 1 aromatic carbocycles. The molecule has 20 heavy (non-hydrogen) atoms. The Bertz CT molecular complexity index is 450. The number of carbonyl (C=O) groups is 1. The van der Waals surface area contributed by atoms with Gasteiger partial charge in [0.1, 0.15) is 0 Å². The van der Waals surface area contributed by atoms with Crippen LogP contribution >= 0.6 is 0 Å². The maximum atomic E-state index is 11.6. The van der Waals surface area contributed by atoms with E-state index in [1.54, 1.807) is 6.92 Å². The van der Waals surface area contributed by atoms with Gasteiger partial charge in [-0.15, -0.1) is 0 Å². The maximum absolute atomic E-state index is 11.6. The molecule has 0 radical (unpaired) electrons. The number of piperidine rings is 1. The molecule has 0 aromatic heterocycles. The summed E-state index contributed by atoms with van der Waals surface area (Å²) in [6.07, 6.45) is 1.99. The van der Waals surface area contributed by atoms with E-state index in [-0.39, 0.29) is 12.1 Å². The minimum Gasteiger partial charge on any atom is -0.335 e. The minimum atomic E-state index is -0.140. The number of allylic oxidation sites excluding steroid dienone is 1. The summed E-state index contributed by atoms with van der Waals surface area (Å²) in [6, 6.07) is 10.6. The monoisotopic (exact) mass is 273 g/mol. The van der Waals surface area contributed by atoms with Crippen molar-refractivity contribution >= 4 is 6.03 Å². The summed E-state index contributed by atoms with van der Waals surface area (Å²) in [7, 11) is 0. The summed E-state index contributed by atoms with van der Waals surface area (Å²) < 4.78 is 0. The first-order valence-corrected chi connectivity index (χ1v) is 7.13. The van der Waals surface area contributed by atoms with Gasteiger partial charge in [-0.1, -0.05) is 36.9 Å². The van der Waals surface area contributed by atoms with Crippen LogP contribution in [0.1, 0.15) is 25.3 Å². The first-order valence-electron chi connectivity index (χ1n) is 7.13. The third-order valence-electron chi connectivity index (χ3n) is 3.50. The molecule has 2 rings (SSSR count). The van der Waals surface area contributed by atoms with Crippen LogP contribution in [0.5, 0.6) is 0 Å². The highest BCUT2D eigenvalue weighted by atomic mass is 16.2. The Labute approximate surface area is 120 Å². The Hall–Kier alpha value is -1.81. The molecule has 1 aliphatic heterocycles. The SMILES string of the molecule is C=C(C)NC(=O)NC1CCN(Cc2ccccc2)CC1. The lowest BCUT2D eigenvalue weighted by atomic mass is 10.0. The second-order valence-electron chi connectivity index (χ2n) is 5.41. The lowest BCUT2D eigenvalue weighted by molar-refractivity contribution is 0.187. The molecule has 108 valence electrons. The van der Waals surface area contributed by atoms with Crippen molar-refractivity contribution < 1.29 is 4.79 Å². The van der Waals surface area contributed by atoms with Gasteiger partial charge >= 0.3 is 6.03 Å². The zero-order valence-electron chi connectivity index (χ0n) is 12.1. The molecule has 1 heterocycles. The molecule has 0 spiro atoms. The average Bonchev–Trinajstić information content (AvgIpc) is 2.41. The molecule has 2 N–H and O–H groups in total. The van der Waals surface area contributed by atoms with E-state index in [2.05, 4.69) is 46.4 Å². The van der Waals surface area contributed by atoms with Gasteiger partial charge in [0.2, 0.25) is 0 Å². The van der Waals surface area contributed by atoms with Crippen LogP contribution in [0.2, 0.25) is 0 Å². The first-order chi connectivity index (χ1) is 9.63. The van der Waals surface area contributed by atoms with Gasteiger partial charge in [0.05, 0.1) is 0 Å². The van der Waals surface area contributed by atoms with Gasteiger partial charge in [0.25, 0.3) is 0 Å². The smallest absolute Gasteiger partial charge is 0.319 e. The summed E-state index contributed by atoms with van der Waals surface area (Å²) in [5.74, 6) is 0. The van der Waals surface area contributed by atoms with E-state index in [1.807, 2.05) is 6.07 Å². The topological polar surface area (TPSA) is 44.4 Å².